The van der Waals surface area contributed by atoms with E-state index in [1.54, 1.807) is 16.7 Å². The number of hydrogen-bond donors (Lipinski definition) is 1. The monoisotopic (exact) mass is 331 g/mol. The van der Waals surface area contributed by atoms with Gasteiger partial charge >= 0.3 is 5.97 Å². The van der Waals surface area contributed by atoms with Gasteiger partial charge in [-0.1, -0.05) is 42.7 Å². The molecule has 1 aliphatic carbocycles. The minimum atomic E-state index is -0.941. The minimum Gasteiger partial charge on any atom is -0.480 e. The molecule has 0 bridgehead atoms. The minimum absolute atomic E-state index is 0.0625. The van der Waals surface area contributed by atoms with E-state index in [0.29, 0.717) is 10.2 Å². The molecular formula is C18H21NO3S. The molecule has 2 fully saturated rings. The van der Waals surface area contributed by atoms with Crippen molar-refractivity contribution in [1.82, 2.24) is 4.90 Å². The molecule has 0 radical (unpaired) electrons. The van der Waals surface area contributed by atoms with Crippen LogP contribution >= 0.6 is 11.8 Å². The zero-order chi connectivity index (χ0) is 16.4. The Balaban J connectivity index is 1.89. The molecule has 1 saturated carbocycles. The number of aryl methyl sites for hydroxylation is 1. The molecular weight excluding hydrogens is 310 g/mol. The van der Waals surface area contributed by atoms with Gasteiger partial charge in [0.25, 0.3) is 5.91 Å². The molecule has 1 aliphatic heterocycles. The van der Waals surface area contributed by atoms with Crippen LogP contribution in [0, 0.1) is 6.92 Å². The molecule has 1 heterocycles. The Bertz CT molecular complexity index is 638. The molecule has 1 aromatic rings. The van der Waals surface area contributed by atoms with Crippen molar-refractivity contribution in [2.45, 2.75) is 43.9 Å². The summed E-state index contributed by atoms with van der Waals surface area (Å²) in [6.07, 6.45) is 6.08. The molecule has 3 rings (SSSR count). The van der Waals surface area contributed by atoms with E-state index in [9.17, 15) is 9.59 Å². The van der Waals surface area contributed by atoms with Crippen LogP contribution in [0.2, 0.25) is 0 Å². The topological polar surface area (TPSA) is 57.6 Å². The number of carboxylic acid groups (broad SMARTS) is 1. The maximum absolute atomic E-state index is 12.8. The Morgan fingerprint density at radius 1 is 1.30 bits per heavy atom. The number of rotatable bonds is 3. The first-order chi connectivity index (χ1) is 11.0. The molecule has 1 saturated heterocycles. The average Bonchev–Trinajstić information content (AvgIpc) is 2.53. The summed E-state index contributed by atoms with van der Waals surface area (Å²) in [5.41, 5.74) is 2.16. The molecule has 2 atom stereocenters. The number of carbonyl (C=O) groups is 2. The molecule has 1 N–H and O–H groups in total. The number of nitrogens with zero attached hydrogens (tertiary/aromatic N) is 1. The molecule has 1 aromatic carbocycles. The van der Waals surface area contributed by atoms with Crippen molar-refractivity contribution in [2.75, 3.05) is 6.54 Å². The molecule has 2 unspecified atom stereocenters. The lowest BCUT2D eigenvalue weighted by Crippen LogP contribution is -2.53. The van der Waals surface area contributed by atoms with Crippen LogP contribution in [-0.4, -0.2) is 39.7 Å². The molecule has 2 aliphatic rings. The molecule has 23 heavy (non-hydrogen) atoms. The molecule has 4 nitrogen and oxygen atoms in total. The van der Waals surface area contributed by atoms with Crippen LogP contribution in [0.1, 0.15) is 36.8 Å². The van der Waals surface area contributed by atoms with E-state index in [1.807, 2.05) is 37.3 Å². The zero-order valence-corrected chi connectivity index (χ0v) is 14.0. The first-order valence-electron chi connectivity index (χ1n) is 8.02. The van der Waals surface area contributed by atoms with Crippen LogP contribution in [0.25, 0.3) is 6.08 Å². The van der Waals surface area contributed by atoms with Gasteiger partial charge in [0, 0.05) is 11.3 Å². The predicted molar refractivity (Wildman–Crippen MR) is 92.1 cm³/mol. The Morgan fingerprint density at radius 2 is 2.00 bits per heavy atom. The lowest BCUT2D eigenvalue weighted by atomic mass is 9.93. The SMILES string of the molecule is Cc1ccc(/C=C2\SC3CCCCC3N(CC(=O)O)C2=O)cc1. The Kier molecular flexibility index (Phi) is 4.76. The lowest BCUT2D eigenvalue weighted by Gasteiger charge is -2.43. The number of aliphatic carboxylic acids is 1. The van der Waals surface area contributed by atoms with Gasteiger partial charge in [0.05, 0.1) is 4.91 Å². The fourth-order valence-electron chi connectivity index (χ4n) is 3.32. The number of carboxylic acids is 1. The van der Waals surface area contributed by atoms with Gasteiger partial charge < -0.3 is 10.0 Å². The van der Waals surface area contributed by atoms with E-state index in [-0.39, 0.29) is 18.5 Å². The Morgan fingerprint density at radius 3 is 2.70 bits per heavy atom. The van der Waals surface area contributed by atoms with E-state index in [0.717, 1.165) is 31.2 Å². The van der Waals surface area contributed by atoms with Crippen LogP contribution < -0.4 is 0 Å². The van der Waals surface area contributed by atoms with Crippen molar-refractivity contribution in [2.24, 2.45) is 0 Å². The zero-order valence-electron chi connectivity index (χ0n) is 13.2. The molecule has 1 amide bonds. The van der Waals surface area contributed by atoms with Crippen molar-refractivity contribution >= 4 is 29.7 Å². The van der Waals surface area contributed by atoms with E-state index >= 15 is 0 Å². The molecule has 122 valence electrons. The van der Waals surface area contributed by atoms with Crippen LogP contribution in [0.15, 0.2) is 29.2 Å². The number of benzene rings is 1. The molecule has 5 heteroatoms. The van der Waals surface area contributed by atoms with E-state index in [1.165, 1.54) is 5.56 Å². The maximum Gasteiger partial charge on any atom is 0.323 e. The van der Waals surface area contributed by atoms with Crippen molar-refractivity contribution in [3.8, 4) is 0 Å². The maximum atomic E-state index is 12.8. The normalized spacial score (nSPS) is 26.2. The van der Waals surface area contributed by atoms with Crippen molar-refractivity contribution in [3.63, 3.8) is 0 Å². The highest BCUT2D eigenvalue weighted by Gasteiger charge is 2.41. The second-order valence-electron chi connectivity index (χ2n) is 6.25. The summed E-state index contributed by atoms with van der Waals surface area (Å²) in [7, 11) is 0. The number of thioether (sulfide) groups is 1. The summed E-state index contributed by atoms with van der Waals surface area (Å²) >= 11 is 1.63. The smallest absolute Gasteiger partial charge is 0.323 e. The largest absolute Gasteiger partial charge is 0.480 e. The Hall–Kier alpha value is -1.75. The van der Waals surface area contributed by atoms with Crippen molar-refractivity contribution in [1.29, 1.82) is 0 Å². The predicted octanol–water partition coefficient (Wildman–Crippen LogP) is 3.31. The van der Waals surface area contributed by atoms with Gasteiger partial charge in [-0.15, -0.1) is 11.8 Å². The van der Waals surface area contributed by atoms with Gasteiger partial charge in [0.2, 0.25) is 0 Å². The highest BCUT2D eigenvalue weighted by molar-refractivity contribution is 8.04. The summed E-state index contributed by atoms with van der Waals surface area (Å²) in [6.45, 7) is 1.82. The average molecular weight is 331 g/mol. The summed E-state index contributed by atoms with van der Waals surface area (Å²) in [4.78, 5) is 26.2. The summed E-state index contributed by atoms with van der Waals surface area (Å²) < 4.78 is 0. The second-order valence-corrected chi connectivity index (χ2v) is 7.54. The number of fused-ring (bicyclic) bond motifs is 1. The summed E-state index contributed by atoms with van der Waals surface area (Å²) in [5.74, 6) is -1.08. The van der Waals surface area contributed by atoms with Crippen molar-refractivity contribution < 1.29 is 14.7 Å². The second kappa shape index (κ2) is 6.79. The third kappa shape index (κ3) is 3.61. The fraction of sp³-hybridized carbons (Fsp3) is 0.444. The molecule has 0 aromatic heterocycles. The van der Waals surface area contributed by atoms with Crippen molar-refractivity contribution in [3.05, 3.63) is 40.3 Å². The highest BCUT2D eigenvalue weighted by Crippen LogP contribution is 2.42. The summed E-state index contributed by atoms with van der Waals surface area (Å²) in [6, 6.07) is 8.08. The first kappa shape index (κ1) is 16.1. The van der Waals surface area contributed by atoms with Gasteiger partial charge in [-0.25, -0.2) is 0 Å². The van der Waals surface area contributed by atoms with E-state index in [2.05, 4.69) is 0 Å². The third-order valence-corrected chi connectivity index (χ3v) is 5.90. The van der Waals surface area contributed by atoms with Gasteiger partial charge in [-0.05, 0) is 31.4 Å². The van der Waals surface area contributed by atoms with Gasteiger partial charge in [0.1, 0.15) is 6.54 Å². The first-order valence-corrected chi connectivity index (χ1v) is 8.90. The van der Waals surface area contributed by atoms with Crippen LogP contribution in [0.5, 0.6) is 0 Å². The molecule has 0 spiro atoms. The van der Waals surface area contributed by atoms with Gasteiger partial charge in [0.15, 0.2) is 0 Å². The van der Waals surface area contributed by atoms with Crippen LogP contribution in [0.4, 0.5) is 0 Å². The van der Waals surface area contributed by atoms with Crippen LogP contribution in [0.3, 0.4) is 0 Å². The van der Waals surface area contributed by atoms with Crippen LogP contribution in [-0.2, 0) is 9.59 Å². The summed E-state index contributed by atoms with van der Waals surface area (Å²) in [5, 5.41) is 9.48. The van der Waals surface area contributed by atoms with Gasteiger partial charge in [-0.2, -0.15) is 0 Å². The number of carbonyl (C=O) groups excluding carboxylic acids is 1. The quantitative estimate of drug-likeness (QED) is 0.863. The lowest BCUT2D eigenvalue weighted by molar-refractivity contribution is -0.144. The Labute approximate surface area is 140 Å². The van der Waals surface area contributed by atoms with Gasteiger partial charge in [-0.3, -0.25) is 9.59 Å². The number of hydrogen-bond acceptors (Lipinski definition) is 3. The standard InChI is InChI=1S/C18H21NO3S/c1-12-6-8-13(9-7-12)10-16-18(22)19(11-17(20)21)14-4-2-3-5-15(14)23-16/h6-10,14-15H,2-5,11H2,1H3,(H,20,21)/b16-10-. The highest BCUT2D eigenvalue weighted by atomic mass is 32.2. The van der Waals surface area contributed by atoms with E-state index < -0.39 is 5.97 Å². The van der Waals surface area contributed by atoms with E-state index in [4.69, 9.17) is 5.11 Å². The fourth-order valence-corrected chi connectivity index (χ4v) is 4.79. The number of amides is 1. The third-order valence-electron chi connectivity index (χ3n) is 4.50.